The molecule has 2 fully saturated rings. The number of halogens is 3. The summed E-state index contributed by atoms with van der Waals surface area (Å²) in [6.45, 7) is 2.10. The van der Waals surface area contributed by atoms with Crippen molar-refractivity contribution in [1.82, 2.24) is 4.90 Å². The average molecular weight is 393 g/mol. The normalized spacial score (nSPS) is 24.8. The van der Waals surface area contributed by atoms with E-state index in [4.69, 9.17) is 27.9 Å². The Morgan fingerprint density at radius 2 is 1.88 bits per heavy atom. The molecule has 1 aliphatic carbocycles. The molecule has 0 radical (unpaired) electrons. The van der Waals surface area contributed by atoms with Gasteiger partial charge < -0.3 is 4.74 Å². The first-order chi connectivity index (χ1) is 11.1. The van der Waals surface area contributed by atoms with Gasteiger partial charge in [0.25, 0.3) is 0 Å². The van der Waals surface area contributed by atoms with Gasteiger partial charge >= 0.3 is 0 Å². The second-order valence-corrected chi connectivity index (χ2v) is 7.28. The molecule has 6 heteroatoms. The van der Waals surface area contributed by atoms with Crippen LogP contribution in [0.15, 0.2) is 18.2 Å². The van der Waals surface area contributed by atoms with Crippen LogP contribution >= 0.6 is 35.6 Å². The molecule has 1 saturated heterocycles. The van der Waals surface area contributed by atoms with E-state index in [1.165, 1.54) is 12.8 Å². The zero-order chi connectivity index (χ0) is 16.2. The van der Waals surface area contributed by atoms with Crippen molar-refractivity contribution >= 4 is 41.4 Å². The van der Waals surface area contributed by atoms with Crippen molar-refractivity contribution in [2.45, 2.75) is 50.7 Å². The molecule has 24 heavy (non-hydrogen) atoms. The molecule has 1 saturated carbocycles. The fourth-order valence-corrected chi connectivity index (χ4v) is 4.30. The van der Waals surface area contributed by atoms with E-state index in [2.05, 4.69) is 4.90 Å². The molecular weight excluding hydrogens is 369 g/mol. The maximum atomic E-state index is 11.6. The number of rotatable bonds is 5. The van der Waals surface area contributed by atoms with Crippen LogP contribution in [0.5, 0.6) is 0 Å². The molecule has 0 spiro atoms. The van der Waals surface area contributed by atoms with Crippen LogP contribution in [0.1, 0.15) is 37.7 Å². The van der Waals surface area contributed by atoms with E-state index in [0.29, 0.717) is 41.4 Å². The number of ether oxygens (including phenoxy) is 1. The van der Waals surface area contributed by atoms with Gasteiger partial charge in [0.2, 0.25) is 0 Å². The van der Waals surface area contributed by atoms with Gasteiger partial charge in [0.1, 0.15) is 5.78 Å². The van der Waals surface area contributed by atoms with Crippen molar-refractivity contribution in [3.63, 3.8) is 0 Å². The van der Waals surface area contributed by atoms with Gasteiger partial charge in [-0.1, -0.05) is 42.1 Å². The lowest BCUT2D eigenvalue weighted by molar-refractivity contribution is -0.117. The van der Waals surface area contributed by atoms with Crippen molar-refractivity contribution in [2.75, 3.05) is 19.7 Å². The molecule has 3 nitrogen and oxygen atoms in total. The Bertz CT molecular complexity index is 547. The molecular formula is C18H24Cl3NO2. The van der Waals surface area contributed by atoms with Gasteiger partial charge in [-0.25, -0.2) is 0 Å². The van der Waals surface area contributed by atoms with E-state index < -0.39 is 0 Å². The van der Waals surface area contributed by atoms with Crippen LogP contribution in [0.2, 0.25) is 10.0 Å². The third-order valence-electron chi connectivity index (χ3n) is 4.94. The number of hydrogen-bond acceptors (Lipinski definition) is 3. The van der Waals surface area contributed by atoms with Crippen molar-refractivity contribution in [2.24, 2.45) is 0 Å². The molecule has 1 aliphatic heterocycles. The second kappa shape index (κ2) is 9.40. The van der Waals surface area contributed by atoms with Gasteiger partial charge in [-0.15, -0.1) is 12.4 Å². The summed E-state index contributed by atoms with van der Waals surface area (Å²) in [5, 5.41) is 1.40. The number of Topliss-reactive ketones (excluding diaryl/α,β-unsaturated/α-hetero) is 1. The summed E-state index contributed by atoms with van der Waals surface area (Å²) in [6.07, 6.45) is 6.27. The SMILES string of the molecule is Cl.O=C1CCN(C2CCCC[C@@H]2OCCc2c(Cl)cccc2Cl)C1. The molecule has 0 bridgehead atoms. The number of carbonyl (C=O) groups is 1. The standard InChI is InChI=1S/C18H23Cl2NO2.ClH/c19-15-4-3-5-16(20)14(15)9-11-23-18-7-2-1-6-17(18)21-10-8-13(22)12-21;/h3-5,17-18H,1-2,6-12H2;1H/t17?,18-;/m0./s1. The summed E-state index contributed by atoms with van der Waals surface area (Å²) in [5.74, 6) is 0.358. The highest BCUT2D eigenvalue weighted by molar-refractivity contribution is 6.35. The minimum absolute atomic E-state index is 0. The van der Waals surface area contributed by atoms with Gasteiger partial charge in [-0.3, -0.25) is 9.69 Å². The molecule has 1 aromatic rings. The third kappa shape index (κ3) is 4.86. The van der Waals surface area contributed by atoms with E-state index in [1.807, 2.05) is 18.2 Å². The largest absolute Gasteiger partial charge is 0.376 e. The van der Waals surface area contributed by atoms with Gasteiger partial charge in [0, 0.05) is 29.1 Å². The van der Waals surface area contributed by atoms with Crippen molar-refractivity contribution in [3.8, 4) is 0 Å². The van der Waals surface area contributed by atoms with Gasteiger partial charge in [0.05, 0.1) is 19.3 Å². The first-order valence-corrected chi connectivity index (χ1v) is 9.21. The Labute approximate surface area is 160 Å². The number of hydrogen-bond donors (Lipinski definition) is 0. The average Bonchev–Trinajstić information content (AvgIpc) is 2.97. The van der Waals surface area contributed by atoms with E-state index in [9.17, 15) is 4.79 Å². The zero-order valence-electron chi connectivity index (χ0n) is 13.7. The van der Waals surface area contributed by atoms with Crippen LogP contribution in [0.3, 0.4) is 0 Å². The van der Waals surface area contributed by atoms with Crippen molar-refractivity contribution in [3.05, 3.63) is 33.8 Å². The summed E-state index contributed by atoms with van der Waals surface area (Å²) in [6, 6.07) is 5.97. The molecule has 2 aliphatic rings. The predicted molar refractivity (Wildman–Crippen MR) is 101 cm³/mol. The fraction of sp³-hybridized carbons (Fsp3) is 0.611. The first-order valence-electron chi connectivity index (χ1n) is 8.45. The topological polar surface area (TPSA) is 29.5 Å². The molecule has 0 aromatic heterocycles. The van der Waals surface area contributed by atoms with Gasteiger partial charge in [-0.2, -0.15) is 0 Å². The molecule has 1 unspecified atom stereocenters. The summed E-state index contributed by atoms with van der Waals surface area (Å²) in [4.78, 5) is 13.9. The molecule has 1 heterocycles. The number of carbonyl (C=O) groups excluding carboxylic acids is 1. The maximum Gasteiger partial charge on any atom is 0.148 e. The summed E-state index contributed by atoms with van der Waals surface area (Å²) in [5.41, 5.74) is 0.958. The Hall–Kier alpha value is -0.320. The number of benzene rings is 1. The predicted octanol–water partition coefficient (Wildman–Crippen LogP) is 4.56. The van der Waals surface area contributed by atoms with Crippen molar-refractivity contribution in [1.29, 1.82) is 0 Å². The van der Waals surface area contributed by atoms with Crippen LogP contribution < -0.4 is 0 Å². The monoisotopic (exact) mass is 391 g/mol. The number of ketones is 1. The Morgan fingerprint density at radius 1 is 1.17 bits per heavy atom. The van der Waals surface area contributed by atoms with E-state index in [-0.39, 0.29) is 18.5 Å². The van der Waals surface area contributed by atoms with E-state index in [0.717, 1.165) is 31.4 Å². The smallest absolute Gasteiger partial charge is 0.148 e. The highest BCUT2D eigenvalue weighted by Crippen LogP contribution is 2.29. The number of likely N-dealkylation sites (tertiary alicyclic amines) is 1. The molecule has 134 valence electrons. The second-order valence-electron chi connectivity index (χ2n) is 6.47. The Morgan fingerprint density at radius 3 is 2.54 bits per heavy atom. The lowest BCUT2D eigenvalue weighted by atomic mass is 9.91. The molecule has 0 amide bonds. The van der Waals surface area contributed by atoms with Crippen LogP contribution in [-0.2, 0) is 16.0 Å². The lowest BCUT2D eigenvalue weighted by Crippen LogP contribution is -2.45. The molecule has 3 rings (SSSR count). The number of nitrogens with zero attached hydrogens (tertiary/aromatic N) is 1. The van der Waals surface area contributed by atoms with E-state index in [1.54, 1.807) is 0 Å². The van der Waals surface area contributed by atoms with Crippen LogP contribution in [-0.4, -0.2) is 42.5 Å². The summed E-state index contributed by atoms with van der Waals surface area (Å²) >= 11 is 12.4. The summed E-state index contributed by atoms with van der Waals surface area (Å²) in [7, 11) is 0. The summed E-state index contributed by atoms with van der Waals surface area (Å²) < 4.78 is 6.19. The lowest BCUT2D eigenvalue weighted by Gasteiger charge is -2.37. The Balaban J connectivity index is 0.00000208. The van der Waals surface area contributed by atoms with Crippen LogP contribution in [0.4, 0.5) is 0 Å². The van der Waals surface area contributed by atoms with Crippen LogP contribution in [0.25, 0.3) is 0 Å². The molecule has 2 atom stereocenters. The minimum Gasteiger partial charge on any atom is -0.376 e. The van der Waals surface area contributed by atoms with Gasteiger partial charge in [-0.05, 0) is 37.0 Å². The van der Waals surface area contributed by atoms with Gasteiger partial charge in [0.15, 0.2) is 0 Å². The quantitative estimate of drug-likeness (QED) is 0.735. The maximum absolute atomic E-state index is 11.6. The zero-order valence-corrected chi connectivity index (χ0v) is 16.0. The Kier molecular flexibility index (Phi) is 7.83. The van der Waals surface area contributed by atoms with Crippen molar-refractivity contribution < 1.29 is 9.53 Å². The first kappa shape index (κ1) is 20.0. The van der Waals surface area contributed by atoms with Crippen LogP contribution in [0, 0.1) is 0 Å². The molecule has 1 aromatic carbocycles. The highest BCUT2D eigenvalue weighted by Gasteiger charge is 2.34. The highest BCUT2D eigenvalue weighted by atomic mass is 35.5. The third-order valence-corrected chi connectivity index (χ3v) is 5.65. The fourth-order valence-electron chi connectivity index (χ4n) is 3.71. The molecule has 0 N–H and O–H groups in total. The minimum atomic E-state index is 0. The van der Waals surface area contributed by atoms with E-state index >= 15 is 0 Å².